The van der Waals surface area contributed by atoms with Crippen LogP contribution in [0.2, 0.25) is 5.02 Å². The summed E-state index contributed by atoms with van der Waals surface area (Å²) in [5.41, 5.74) is 0. The van der Waals surface area contributed by atoms with Crippen molar-refractivity contribution in [2.75, 3.05) is 19.5 Å². The van der Waals surface area contributed by atoms with Gasteiger partial charge in [0.25, 0.3) is 0 Å². The molecule has 1 aromatic rings. The SMILES string of the molecule is CN(CCCl)S(=O)(=O)c1ccc(Br)cc1Cl. The number of benzene rings is 1. The van der Waals surface area contributed by atoms with E-state index in [4.69, 9.17) is 23.2 Å². The summed E-state index contributed by atoms with van der Waals surface area (Å²) in [6, 6.07) is 4.64. The molecule has 0 saturated carbocycles. The lowest BCUT2D eigenvalue weighted by Crippen LogP contribution is -2.28. The number of alkyl halides is 1. The average molecular weight is 347 g/mol. The zero-order valence-electron chi connectivity index (χ0n) is 8.45. The molecular weight excluding hydrogens is 337 g/mol. The van der Waals surface area contributed by atoms with Crippen LogP contribution in [0.25, 0.3) is 0 Å². The lowest BCUT2D eigenvalue weighted by molar-refractivity contribution is 0.488. The fourth-order valence-corrected chi connectivity index (χ4v) is 3.62. The van der Waals surface area contributed by atoms with Gasteiger partial charge in [-0.2, -0.15) is 4.31 Å². The molecule has 0 saturated heterocycles. The van der Waals surface area contributed by atoms with Crippen molar-refractivity contribution in [3.63, 3.8) is 0 Å². The minimum atomic E-state index is -3.55. The van der Waals surface area contributed by atoms with Crippen molar-refractivity contribution < 1.29 is 8.42 Å². The Morgan fingerprint density at radius 2 is 2.06 bits per heavy atom. The number of rotatable bonds is 4. The second-order valence-corrected chi connectivity index (χ2v) is 6.80. The fourth-order valence-electron chi connectivity index (χ4n) is 1.09. The molecule has 0 aliphatic carbocycles. The van der Waals surface area contributed by atoms with Gasteiger partial charge in [-0.15, -0.1) is 11.6 Å². The van der Waals surface area contributed by atoms with E-state index in [1.54, 1.807) is 12.1 Å². The van der Waals surface area contributed by atoms with Crippen molar-refractivity contribution in [1.29, 1.82) is 0 Å². The average Bonchev–Trinajstić information content (AvgIpc) is 2.17. The Balaban J connectivity index is 3.17. The summed E-state index contributed by atoms with van der Waals surface area (Å²) in [7, 11) is -2.08. The van der Waals surface area contributed by atoms with Crippen LogP contribution in [-0.2, 0) is 10.0 Å². The highest BCUT2D eigenvalue weighted by Crippen LogP contribution is 2.27. The number of sulfonamides is 1. The molecule has 0 atom stereocenters. The van der Waals surface area contributed by atoms with E-state index in [9.17, 15) is 8.42 Å². The largest absolute Gasteiger partial charge is 0.244 e. The van der Waals surface area contributed by atoms with Gasteiger partial charge in [-0.1, -0.05) is 27.5 Å². The first kappa shape index (κ1) is 14.3. The zero-order valence-corrected chi connectivity index (χ0v) is 12.4. The van der Waals surface area contributed by atoms with Gasteiger partial charge in [0, 0.05) is 23.9 Å². The first-order valence-electron chi connectivity index (χ1n) is 4.37. The molecule has 7 heteroatoms. The van der Waals surface area contributed by atoms with Crippen LogP contribution >= 0.6 is 39.1 Å². The quantitative estimate of drug-likeness (QED) is 0.786. The molecule has 90 valence electrons. The van der Waals surface area contributed by atoms with E-state index in [-0.39, 0.29) is 22.3 Å². The Hall–Kier alpha value is 0.190. The van der Waals surface area contributed by atoms with E-state index in [0.717, 1.165) is 4.47 Å². The van der Waals surface area contributed by atoms with Crippen LogP contribution in [0.15, 0.2) is 27.6 Å². The van der Waals surface area contributed by atoms with Gasteiger partial charge in [-0.25, -0.2) is 8.42 Å². The Kier molecular flexibility index (Phi) is 5.07. The Labute approximate surface area is 114 Å². The predicted molar refractivity (Wildman–Crippen MR) is 69.7 cm³/mol. The van der Waals surface area contributed by atoms with Crippen LogP contribution in [0.1, 0.15) is 0 Å². The number of halogens is 3. The minimum absolute atomic E-state index is 0.0879. The van der Waals surface area contributed by atoms with E-state index in [0.29, 0.717) is 0 Å². The van der Waals surface area contributed by atoms with Crippen molar-refractivity contribution in [2.45, 2.75) is 4.90 Å². The van der Waals surface area contributed by atoms with E-state index < -0.39 is 10.0 Å². The highest BCUT2D eigenvalue weighted by Gasteiger charge is 2.22. The highest BCUT2D eigenvalue weighted by molar-refractivity contribution is 9.10. The molecule has 1 rings (SSSR count). The molecule has 0 unspecified atom stereocenters. The van der Waals surface area contributed by atoms with Crippen LogP contribution in [0.4, 0.5) is 0 Å². The third-order valence-corrected chi connectivity index (χ3v) is 4.98. The summed E-state index contributed by atoms with van der Waals surface area (Å²) in [6.45, 7) is 0.246. The molecule has 0 aliphatic heterocycles. The summed E-state index contributed by atoms with van der Waals surface area (Å²) in [5.74, 6) is 0.240. The maximum atomic E-state index is 12.0. The van der Waals surface area contributed by atoms with Crippen molar-refractivity contribution in [1.82, 2.24) is 4.31 Å². The van der Waals surface area contributed by atoms with Crippen molar-refractivity contribution in [3.05, 3.63) is 27.7 Å². The molecule has 0 amide bonds. The van der Waals surface area contributed by atoms with E-state index >= 15 is 0 Å². The summed E-state index contributed by atoms with van der Waals surface area (Å²) in [5, 5.41) is 0.191. The van der Waals surface area contributed by atoms with Gasteiger partial charge >= 0.3 is 0 Å². The van der Waals surface area contributed by atoms with Crippen LogP contribution in [0, 0.1) is 0 Å². The van der Waals surface area contributed by atoms with Crippen LogP contribution < -0.4 is 0 Å². The summed E-state index contributed by atoms with van der Waals surface area (Å²) in [6.07, 6.45) is 0. The van der Waals surface area contributed by atoms with Gasteiger partial charge < -0.3 is 0 Å². The third-order valence-electron chi connectivity index (χ3n) is 1.98. The van der Waals surface area contributed by atoms with E-state index in [1.165, 1.54) is 17.4 Å². The first-order valence-corrected chi connectivity index (χ1v) is 7.51. The monoisotopic (exact) mass is 345 g/mol. The second-order valence-electron chi connectivity index (χ2n) is 3.09. The molecule has 0 aliphatic rings. The van der Waals surface area contributed by atoms with Gasteiger partial charge in [0.15, 0.2) is 0 Å². The topological polar surface area (TPSA) is 37.4 Å². The lowest BCUT2D eigenvalue weighted by Gasteiger charge is -2.16. The molecule has 0 bridgehead atoms. The standard InChI is InChI=1S/C9H10BrCl2NO2S/c1-13(5-4-11)16(14,15)9-3-2-7(10)6-8(9)12/h2-3,6H,4-5H2,1H3. The first-order chi connectivity index (χ1) is 7.39. The number of hydrogen-bond acceptors (Lipinski definition) is 2. The Morgan fingerprint density at radius 3 is 2.56 bits per heavy atom. The van der Waals surface area contributed by atoms with Gasteiger partial charge in [0.2, 0.25) is 10.0 Å². The number of hydrogen-bond donors (Lipinski definition) is 0. The van der Waals surface area contributed by atoms with E-state index in [2.05, 4.69) is 15.9 Å². The Morgan fingerprint density at radius 1 is 1.44 bits per heavy atom. The molecule has 0 heterocycles. The fraction of sp³-hybridized carbons (Fsp3) is 0.333. The molecule has 0 N–H and O–H groups in total. The van der Waals surface area contributed by atoms with Gasteiger partial charge in [0.1, 0.15) is 4.90 Å². The maximum Gasteiger partial charge on any atom is 0.244 e. The molecule has 0 fully saturated rings. The van der Waals surface area contributed by atoms with Crippen LogP contribution in [0.3, 0.4) is 0 Å². The number of nitrogens with zero attached hydrogens (tertiary/aromatic N) is 1. The predicted octanol–water partition coefficient (Wildman–Crippen LogP) is 2.96. The highest BCUT2D eigenvalue weighted by atomic mass is 79.9. The zero-order chi connectivity index (χ0) is 12.3. The summed E-state index contributed by atoms with van der Waals surface area (Å²) >= 11 is 14.6. The Bertz CT molecular complexity index is 478. The molecule has 0 radical (unpaired) electrons. The third kappa shape index (κ3) is 3.11. The van der Waals surface area contributed by atoms with Crippen LogP contribution in [0.5, 0.6) is 0 Å². The maximum absolute atomic E-state index is 12.0. The van der Waals surface area contributed by atoms with Gasteiger partial charge in [-0.05, 0) is 18.2 Å². The molecule has 16 heavy (non-hydrogen) atoms. The molecule has 1 aromatic carbocycles. The lowest BCUT2D eigenvalue weighted by atomic mass is 10.4. The normalized spacial score (nSPS) is 12.1. The van der Waals surface area contributed by atoms with Crippen molar-refractivity contribution in [2.24, 2.45) is 0 Å². The van der Waals surface area contributed by atoms with Crippen molar-refractivity contribution >= 4 is 49.2 Å². The van der Waals surface area contributed by atoms with Gasteiger partial charge in [0.05, 0.1) is 5.02 Å². The van der Waals surface area contributed by atoms with E-state index in [1.807, 2.05) is 0 Å². The van der Waals surface area contributed by atoms with Gasteiger partial charge in [-0.3, -0.25) is 0 Å². The minimum Gasteiger partial charge on any atom is -0.207 e. The summed E-state index contributed by atoms with van der Waals surface area (Å²) in [4.78, 5) is 0.0879. The molecule has 0 aromatic heterocycles. The van der Waals surface area contributed by atoms with Crippen LogP contribution in [-0.4, -0.2) is 32.2 Å². The molecular formula is C9H10BrCl2NO2S. The smallest absolute Gasteiger partial charge is 0.207 e. The molecule has 3 nitrogen and oxygen atoms in total. The second kappa shape index (κ2) is 5.69. The molecule has 0 spiro atoms. The van der Waals surface area contributed by atoms with Crippen molar-refractivity contribution in [3.8, 4) is 0 Å². The summed E-state index contributed by atoms with van der Waals surface area (Å²) < 4.78 is 26.0.